The fourth-order valence-corrected chi connectivity index (χ4v) is 4.08. The number of likely N-dealkylation sites (tertiary alicyclic amines) is 1. The van der Waals surface area contributed by atoms with Gasteiger partial charge in [0.15, 0.2) is 6.61 Å². The molecule has 31 heavy (non-hydrogen) atoms. The van der Waals surface area contributed by atoms with E-state index in [0.29, 0.717) is 18.7 Å². The van der Waals surface area contributed by atoms with Crippen molar-refractivity contribution in [3.8, 4) is 11.5 Å². The third-order valence-corrected chi connectivity index (χ3v) is 5.64. The third-order valence-electron chi connectivity index (χ3n) is 5.64. The Bertz CT molecular complexity index is 1020. The molecule has 2 atom stereocenters. The molecule has 1 aliphatic rings. The number of aliphatic hydroxyl groups excluding tert-OH is 1. The fraction of sp³-hybridized carbons (Fsp3) is 0.269. The number of carbonyl (C=O) groups is 1. The van der Waals surface area contributed by atoms with Crippen molar-refractivity contribution in [3.63, 3.8) is 0 Å². The number of para-hydroxylation sites is 1. The summed E-state index contributed by atoms with van der Waals surface area (Å²) in [7, 11) is 1.62. The summed E-state index contributed by atoms with van der Waals surface area (Å²) in [5.74, 6) is 1.30. The van der Waals surface area contributed by atoms with Crippen molar-refractivity contribution in [1.82, 2.24) is 4.90 Å². The van der Waals surface area contributed by atoms with Crippen LogP contribution in [0, 0.1) is 0 Å². The molecule has 1 N–H and O–H groups in total. The molecule has 160 valence electrons. The molecule has 1 amide bonds. The fourth-order valence-electron chi connectivity index (χ4n) is 4.08. The number of amides is 1. The first-order valence-corrected chi connectivity index (χ1v) is 10.5. The predicted molar refractivity (Wildman–Crippen MR) is 119 cm³/mol. The van der Waals surface area contributed by atoms with Gasteiger partial charge in [-0.25, -0.2) is 0 Å². The summed E-state index contributed by atoms with van der Waals surface area (Å²) in [5, 5.41) is 10.2. The maximum atomic E-state index is 13.0. The number of hydrogen-bond donors (Lipinski definition) is 1. The molecule has 1 fully saturated rings. The highest BCUT2D eigenvalue weighted by Gasteiger charge is 2.35. The highest BCUT2D eigenvalue weighted by atomic mass is 16.5. The molecule has 0 spiro atoms. The average molecular weight is 418 g/mol. The summed E-state index contributed by atoms with van der Waals surface area (Å²) in [5.41, 5.74) is 3.17. The summed E-state index contributed by atoms with van der Waals surface area (Å²) < 4.78 is 11.3. The first kappa shape index (κ1) is 20.9. The molecule has 0 saturated carbocycles. The van der Waals surface area contributed by atoms with E-state index >= 15 is 0 Å². The van der Waals surface area contributed by atoms with Crippen molar-refractivity contribution in [3.05, 3.63) is 95.6 Å². The number of β-amino-alcohol motifs (C(OH)–C–C–N with tert-alkyl or cyclic N) is 1. The molecule has 0 aromatic heterocycles. The second kappa shape index (κ2) is 9.67. The second-order valence-electron chi connectivity index (χ2n) is 7.79. The van der Waals surface area contributed by atoms with Crippen molar-refractivity contribution >= 4 is 5.91 Å². The molecule has 3 aromatic rings. The van der Waals surface area contributed by atoms with Crippen molar-refractivity contribution in [2.75, 3.05) is 20.3 Å². The lowest BCUT2D eigenvalue weighted by Crippen LogP contribution is -2.35. The Morgan fingerprint density at radius 1 is 1.03 bits per heavy atom. The molecule has 0 bridgehead atoms. The molecule has 5 nitrogen and oxygen atoms in total. The van der Waals surface area contributed by atoms with Gasteiger partial charge in [0.2, 0.25) is 0 Å². The van der Waals surface area contributed by atoms with Crippen LogP contribution in [0.1, 0.15) is 29.2 Å². The first-order valence-electron chi connectivity index (χ1n) is 10.5. The number of hydrogen-bond acceptors (Lipinski definition) is 4. The van der Waals surface area contributed by atoms with Gasteiger partial charge >= 0.3 is 0 Å². The lowest BCUT2D eigenvalue weighted by Gasteiger charge is -2.25. The highest BCUT2D eigenvalue weighted by molar-refractivity contribution is 5.78. The van der Waals surface area contributed by atoms with Gasteiger partial charge < -0.3 is 19.5 Å². The molecule has 1 aliphatic heterocycles. The van der Waals surface area contributed by atoms with Crippen LogP contribution in [-0.4, -0.2) is 42.3 Å². The number of carbonyl (C=O) groups excluding carboxylic acids is 1. The van der Waals surface area contributed by atoms with E-state index in [2.05, 4.69) is 12.1 Å². The molecule has 0 radical (unpaired) electrons. The lowest BCUT2D eigenvalue weighted by atomic mass is 10.0. The van der Waals surface area contributed by atoms with Crippen LogP contribution < -0.4 is 9.47 Å². The molecule has 3 aromatic carbocycles. The van der Waals surface area contributed by atoms with Gasteiger partial charge in [-0.05, 0) is 41.3 Å². The largest absolute Gasteiger partial charge is 0.497 e. The van der Waals surface area contributed by atoms with Crippen molar-refractivity contribution in [2.24, 2.45) is 0 Å². The van der Waals surface area contributed by atoms with E-state index in [9.17, 15) is 9.90 Å². The monoisotopic (exact) mass is 417 g/mol. The minimum Gasteiger partial charge on any atom is -0.497 e. The van der Waals surface area contributed by atoms with Crippen LogP contribution in [-0.2, 0) is 11.2 Å². The maximum absolute atomic E-state index is 13.0. The van der Waals surface area contributed by atoms with E-state index in [1.807, 2.05) is 66.7 Å². The Morgan fingerprint density at radius 2 is 1.81 bits per heavy atom. The van der Waals surface area contributed by atoms with Gasteiger partial charge in [0.05, 0.1) is 19.3 Å². The zero-order valence-corrected chi connectivity index (χ0v) is 17.6. The lowest BCUT2D eigenvalue weighted by molar-refractivity contribution is -0.134. The van der Waals surface area contributed by atoms with Crippen LogP contribution in [0.3, 0.4) is 0 Å². The molecule has 1 heterocycles. The van der Waals surface area contributed by atoms with Crippen LogP contribution in [0.25, 0.3) is 0 Å². The number of aliphatic hydroxyl groups is 1. The Labute approximate surface area is 182 Å². The Hall–Kier alpha value is -3.31. The number of benzene rings is 3. The van der Waals surface area contributed by atoms with E-state index in [-0.39, 0.29) is 18.6 Å². The summed E-state index contributed by atoms with van der Waals surface area (Å²) in [6.45, 7) is 0.231. The minimum atomic E-state index is -0.550. The summed E-state index contributed by atoms with van der Waals surface area (Å²) in [6, 6.07) is 25.4. The van der Waals surface area contributed by atoms with Crippen LogP contribution >= 0.6 is 0 Å². The molecule has 0 unspecified atom stereocenters. The van der Waals surface area contributed by atoms with Gasteiger partial charge in [0, 0.05) is 13.0 Å². The number of ether oxygens (including phenoxy) is 2. The second-order valence-corrected chi connectivity index (χ2v) is 7.79. The van der Waals surface area contributed by atoms with Crippen molar-refractivity contribution in [2.45, 2.75) is 25.0 Å². The standard InChI is InChI=1S/C26H27NO4/c1-30-23-12-7-11-20(15-23)24-16-22(28)17-27(24)26(29)18-31-25-13-6-5-10-21(25)14-19-8-3-2-4-9-19/h2-13,15,22,24,28H,14,16-18H2,1H3/t22-,24-/m0/s1. The third kappa shape index (κ3) is 5.06. The zero-order valence-electron chi connectivity index (χ0n) is 17.6. The van der Waals surface area contributed by atoms with Crippen LogP contribution in [0.2, 0.25) is 0 Å². The average Bonchev–Trinajstić information content (AvgIpc) is 3.21. The summed E-state index contributed by atoms with van der Waals surface area (Å²) in [6.07, 6.45) is 0.689. The molecular formula is C26H27NO4. The van der Waals surface area contributed by atoms with E-state index in [0.717, 1.165) is 23.3 Å². The van der Waals surface area contributed by atoms with E-state index in [1.165, 1.54) is 5.56 Å². The minimum absolute atomic E-state index is 0.0704. The molecular weight excluding hydrogens is 390 g/mol. The van der Waals surface area contributed by atoms with Crippen LogP contribution in [0.4, 0.5) is 0 Å². The number of rotatable bonds is 7. The Balaban J connectivity index is 1.46. The Morgan fingerprint density at radius 3 is 2.61 bits per heavy atom. The summed E-state index contributed by atoms with van der Waals surface area (Å²) in [4.78, 5) is 14.7. The van der Waals surface area contributed by atoms with Crippen molar-refractivity contribution in [1.29, 1.82) is 0 Å². The van der Waals surface area contributed by atoms with E-state index in [1.54, 1.807) is 12.0 Å². The van der Waals surface area contributed by atoms with Gasteiger partial charge in [-0.1, -0.05) is 60.7 Å². The van der Waals surface area contributed by atoms with Crippen molar-refractivity contribution < 1.29 is 19.4 Å². The SMILES string of the molecule is COc1cccc([C@@H]2C[C@H](O)CN2C(=O)COc2ccccc2Cc2ccccc2)c1. The maximum Gasteiger partial charge on any atom is 0.261 e. The molecule has 0 aliphatic carbocycles. The van der Waals surface area contributed by atoms with Gasteiger partial charge in [0.1, 0.15) is 11.5 Å². The molecule has 1 saturated heterocycles. The van der Waals surface area contributed by atoms with Gasteiger partial charge in [-0.2, -0.15) is 0 Å². The van der Waals surface area contributed by atoms with E-state index in [4.69, 9.17) is 9.47 Å². The van der Waals surface area contributed by atoms with Gasteiger partial charge in [-0.3, -0.25) is 4.79 Å². The number of methoxy groups -OCH3 is 1. The van der Waals surface area contributed by atoms with Crippen LogP contribution in [0.15, 0.2) is 78.9 Å². The van der Waals surface area contributed by atoms with Gasteiger partial charge in [-0.15, -0.1) is 0 Å². The van der Waals surface area contributed by atoms with E-state index < -0.39 is 6.10 Å². The smallest absolute Gasteiger partial charge is 0.261 e. The zero-order chi connectivity index (χ0) is 21.6. The quantitative estimate of drug-likeness (QED) is 0.631. The van der Waals surface area contributed by atoms with Crippen LogP contribution in [0.5, 0.6) is 11.5 Å². The predicted octanol–water partition coefficient (Wildman–Crippen LogP) is 4.00. The summed E-state index contributed by atoms with van der Waals surface area (Å²) >= 11 is 0. The molecule has 5 heteroatoms. The number of nitrogens with zero attached hydrogens (tertiary/aromatic N) is 1. The van der Waals surface area contributed by atoms with Gasteiger partial charge in [0.25, 0.3) is 5.91 Å². The Kier molecular flexibility index (Phi) is 6.53. The normalized spacial score (nSPS) is 18.1. The molecule has 4 rings (SSSR count). The topological polar surface area (TPSA) is 59.0 Å². The first-order chi connectivity index (χ1) is 15.1. The highest BCUT2D eigenvalue weighted by Crippen LogP contribution is 2.34.